The number of thiophene rings is 1. The largest absolute Gasteiger partial charge is 0.490 e. The second-order valence-electron chi connectivity index (χ2n) is 20.3. The molecule has 3 aliphatic rings. The normalized spacial score (nSPS) is 20.3. The Labute approximate surface area is 432 Å². The summed E-state index contributed by atoms with van der Waals surface area (Å²) >= 11 is 9.51. The van der Waals surface area contributed by atoms with Crippen molar-refractivity contribution in [3.05, 3.63) is 133 Å². The van der Waals surface area contributed by atoms with Gasteiger partial charge in [0, 0.05) is 52.9 Å². The molecular formula is C54H60ClN9O6S2. The van der Waals surface area contributed by atoms with E-state index in [1.807, 2.05) is 124 Å². The van der Waals surface area contributed by atoms with Crippen molar-refractivity contribution in [2.75, 3.05) is 6.54 Å². The van der Waals surface area contributed by atoms with Crippen LogP contribution in [-0.4, -0.2) is 96.0 Å². The van der Waals surface area contributed by atoms with Gasteiger partial charge in [-0.05, 0) is 86.6 Å². The molecule has 4 N–H and O–H groups in total. The molecule has 9 rings (SSSR count). The molecule has 3 aromatic heterocycles. The number of carbonyl (C=O) groups is 4. The van der Waals surface area contributed by atoms with Gasteiger partial charge < -0.3 is 30.7 Å². The Balaban J connectivity index is 0.768. The number of amides is 4. The highest BCUT2D eigenvalue weighted by Crippen LogP contribution is 2.40. The Hall–Kier alpha value is -6.27. The van der Waals surface area contributed by atoms with E-state index < -0.39 is 35.6 Å². The zero-order valence-corrected chi connectivity index (χ0v) is 44.0. The van der Waals surface area contributed by atoms with Gasteiger partial charge in [-0.3, -0.25) is 28.7 Å². The molecule has 5 heterocycles. The summed E-state index contributed by atoms with van der Waals surface area (Å²) in [6.45, 7) is 15.5. The molecule has 0 unspecified atom stereocenters. The van der Waals surface area contributed by atoms with Crippen molar-refractivity contribution in [2.24, 2.45) is 10.4 Å². The number of fused-ring (bicyclic) bond motifs is 3. The lowest BCUT2D eigenvalue weighted by Crippen LogP contribution is -2.58. The number of nitrogens with one attached hydrogen (secondary N) is 3. The lowest BCUT2D eigenvalue weighted by Gasteiger charge is -2.36. The minimum Gasteiger partial charge on any atom is -0.490 e. The van der Waals surface area contributed by atoms with Gasteiger partial charge in [0.05, 0.1) is 46.8 Å². The molecule has 2 fully saturated rings. The van der Waals surface area contributed by atoms with Crippen LogP contribution in [0.25, 0.3) is 15.4 Å². The van der Waals surface area contributed by atoms with Gasteiger partial charge in [-0.25, -0.2) is 4.98 Å². The number of hydrogen-bond acceptors (Lipinski definition) is 12. The smallest absolute Gasteiger partial charge is 0.246 e. The molecule has 1 saturated heterocycles. The average Bonchev–Trinajstić information content (AvgIpc) is 4.10. The van der Waals surface area contributed by atoms with Crippen molar-refractivity contribution in [3.63, 3.8) is 0 Å². The summed E-state index contributed by atoms with van der Waals surface area (Å²) < 4.78 is 8.29. The van der Waals surface area contributed by atoms with Crippen molar-refractivity contribution in [3.8, 4) is 21.2 Å². The first-order valence-electron chi connectivity index (χ1n) is 24.3. The Morgan fingerprint density at radius 1 is 0.889 bits per heavy atom. The maximum absolute atomic E-state index is 14.3. The van der Waals surface area contributed by atoms with Crippen LogP contribution in [0.1, 0.15) is 115 Å². The van der Waals surface area contributed by atoms with Gasteiger partial charge in [-0.15, -0.1) is 32.9 Å². The van der Waals surface area contributed by atoms with E-state index in [4.69, 9.17) is 21.3 Å². The van der Waals surface area contributed by atoms with Crippen LogP contribution in [0, 0.1) is 33.1 Å². The van der Waals surface area contributed by atoms with Crippen molar-refractivity contribution in [2.45, 2.75) is 130 Å². The summed E-state index contributed by atoms with van der Waals surface area (Å²) in [6, 6.07) is 20.0. The molecule has 18 heteroatoms. The zero-order valence-electron chi connectivity index (χ0n) is 41.7. The number of β-amino-alcohol motifs (C(OH)–C–C–N with tert-alkyl or cyclic N) is 1. The molecule has 0 radical (unpaired) electrons. The lowest BCUT2D eigenvalue weighted by atomic mass is 9.85. The monoisotopic (exact) mass is 1030 g/mol. The number of hydrogen-bond donors (Lipinski definition) is 4. The Morgan fingerprint density at radius 3 is 2.25 bits per heavy atom. The molecule has 72 heavy (non-hydrogen) atoms. The first kappa shape index (κ1) is 50.7. The van der Waals surface area contributed by atoms with Gasteiger partial charge in [0.25, 0.3) is 0 Å². The number of aliphatic hydroxyl groups is 1. The Morgan fingerprint density at radius 2 is 1.58 bits per heavy atom. The van der Waals surface area contributed by atoms with Crippen molar-refractivity contribution < 1.29 is 29.0 Å². The molecule has 15 nitrogen and oxygen atoms in total. The van der Waals surface area contributed by atoms with E-state index in [1.54, 1.807) is 22.7 Å². The van der Waals surface area contributed by atoms with E-state index in [1.165, 1.54) is 9.78 Å². The molecule has 3 aromatic carbocycles. The lowest BCUT2D eigenvalue weighted by molar-refractivity contribution is -0.144. The van der Waals surface area contributed by atoms with Crippen LogP contribution < -0.4 is 20.7 Å². The van der Waals surface area contributed by atoms with Crippen molar-refractivity contribution in [1.29, 1.82) is 0 Å². The SMILES string of the molecule is Cc1ncsc1-c1ccc([C@H](C)NC(=O)[C@@H]2C[C@@H](O)CN2C(=O)[C@@H](NC(=O)Cc2ccc(O[C@H]3C[C@H](NC(=O)C[C@@H]4N=C(c5ccc(Cl)cc5)c5c(sc(C)c5C)-n5c(C)nnc54)C3)cc2)C(C)(C)C)cc1. The number of halogens is 1. The molecule has 5 atom stereocenters. The van der Waals surface area contributed by atoms with E-state index in [-0.39, 0.29) is 61.7 Å². The predicted molar refractivity (Wildman–Crippen MR) is 280 cm³/mol. The molecule has 6 aromatic rings. The van der Waals surface area contributed by atoms with Gasteiger partial charge in [-0.2, -0.15) is 0 Å². The average molecular weight is 1030 g/mol. The summed E-state index contributed by atoms with van der Waals surface area (Å²) in [5.74, 6) is 0.706. The third kappa shape index (κ3) is 10.8. The van der Waals surface area contributed by atoms with Crippen LogP contribution in [0.4, 0.5) is 0 Å². The second kappa shape index (κ2) is 20.7. The van der Waals surface area contributed by atoms with Crippen LogP contribution in [0.2, 0.25) is 5.02 Å². The topological polar surface area (TPSA) is 193 Å². The van der Waals surface area contributed by atoms with Crippen LogP contribution >= 0.6 is 34.3 Å². The standard InChI is InChI=1S/C54H60ClN9O6S2/c1-28-31(4)72-53-46(28)47(35-15-17-37(55)18-16-35)59-42(50-62-61-32(5)64(50)53)25-45(67)58-38-22-41(23-38)70-40-19-9-33(10-20-40)21-44(66)60-49(54(6,7)8)52(69)63-26-39(65)24-43(63)51(68)57-29(2)34-11-13-36(14-12-34)48-30(3)56-27-71-48/h9-20,27,29,38-39,41-43,49,65H,21-26H2,1-8H3,(H,57,68)(H,58,67)(H,60,66)/t29-,38-,39+,41-,42-,43-,49+/m0/s1. The minimum absolute atomic E-state index is 0.0126. The highest BCUT2D eigenvalue weighted by Gasteiger charge is 2.45. The number of nitrogens with zero attached hydrogens (tertiary/aromatic N) is 6. The number of benzene rings is 3. The third-order valence-corrected chi connectivity index (χ3v) is 16.3. The van der Waals surface area contributed by atoms with Gasteiger partial charge in [0.1, 0.15) is 40.8 Å². The number of carbonyl (C=O) groups excluding carboxylic acids is 4. The number of aliphatic hydroxyl groups excluding tert-OH is 1. The summed E-state index contributed by atoms with van der Waals surface area (Å²) in [4.78, 5) is 68.5. The minimum atomic E-state index is -0.959. The number of ether oxygens (including phenoxy) is 1. The molecular weight excluding hydrogens is 970 g/mol. The van der Waals surface area contributed by atoms with E-state index in [0.717, 1.165) is 60.5 Å². The highest BCUT2D eigenvalue weighted by molar-refractivity contribution is 7.15. The molecule has 1 aliphatic carbocycles. The number of aromatic nitrogens is 4. The number of aliphatic imine (C=N–C) groups is 1. The summed E-state index contributed by atoms with van der Waals surface area (Å²) in [6.07, 6.45) is 0.466. The van der Waals surface area contributed by atoms with E-state index in [0.29, 0.717) is 29.4 Å². The van der Waals surface area contributed by atoms with Crippen LogP contribution in [0.3, 0.4) is 0 Å². The van der Waals surface area contributed by atoms with Gasteiger partial charge in [0.2, 0.25) is 23.6 Å². The van der Waals surface area contributed by atoms with E-state index >= 15 is 0 Å². The highest BCUT2D eigenvalue weighted by atomic mass is 35.5. The summed E-state index contributed by atoms with van der Waals surface area (Å²) in [5, 5.41) is 30.5. The predicted octanol–water partition coefficient (Wildman–Crippen LogP) is 8.26. The second-order valence-corrected chi connectivity index (χ2v) is 22.8. The quantitative estimate of drug-likeness (QED) is 0.0832. The number of aryl methyl sites for hydroxylation is 3. The zero-order chi connectivity index (χ0) is 51.2. The van der Waals surface area contributed by atoms with Crippen molar-refractivity contribution in [1.82, 2.24) is 40.6 Å². The van der Waals surface area contributed by atoms with Crippen LogP contribution in [-0.2, 0) is 25.6 Å². The fourth-order valence-electron chi connectivity index (χ4n) is 9.67. The maximum Gasteiger partial charge on any atom is 0.246 e. The number of rotatable bonds is 14. The molecule has 0 bridgehead atoms. The molecule has 376 valence electrons. The summed E-state index contributed by atoms with van der Waals surface area (Å²) in [7, 11) is 0. The summed E-state index contributed by atoms with van der Waals surface area (Å²) in [5.41, 5.74) is 8.58. The molecule has 2 aliphatic heterocycles. The van der Waals surface area contributed by atoms with E-state index in [2.05, 4.69) is 45.0 Å². The maximum atomic E-state index is 14.3. The Bertz CT molecular complexity index is 3030. The molecule has 0 spiro atoms. The van der Waals surface area contributed by atoms with Gasteiger partial charge in [-0.1, -0.05) is 80.9 Å². The van der Waals surface area contributed by atoms with Crippen LogP contribution in [0.5, 0.6) is 5.75 Å². The molecule has 1 saturated carbocycles. The van der Waals surface area contributed by atoms with E-state index in [9.17, 15) is 24.3 Å². The fourth-order valence-corrected chi connectivity index (χ4v) is 11.8. The fraction of sp³-hybridized carbons (Fsp3) is 0.407. The van der Waals surface area contributed by atoms with Crippen LogP contribution in [0.15, 0.2) is 83.3 Å². The van der Waals surface area contributed by atoms with Crippen molar-refractivity contribution >= 4 is 63.6 Å². The third-order valence-electron chi connectivity index (χ3n) is 13.8. The van der Waals surface area contributed by atoms with Gasteiger partial charge in [0.15, 0.2) is 5.82 Å². The number of likely N-dealkylation sites (tertiary alicyclic amines) is 1. The Kier molecular flexibility index (Phi) is 14.6. The number of thiazole rings is 1. The first-order valence-corrected chi connectivity index (χ1v) is 26.4. The first-order chi connectivity index (χ1) is 34.3. The molecule has 4 amide bonds. The van der Waals surface area contributed by atoms with Gasteiger partial charge >= 0.3 is 0 Å².